The maximum absolute atomic E-state index is 11.5. The topological polar surface area (TPSA) is 69.1 Å². The highest BCUT2D eigenvalue weighted by Crippen LogP contribution is 2.24. The number of carbonyl (C=O) groups excluding carboxylic acids is 1. The molecular weight excluding hydrogens is 232 g/mol. The second-order valence-electron chi connectivity index (χ2n) is 3.91. The molecule has 0 bridgehead atoms. The fourth-order valence-electron chi connectivity index (χ4n) is 1.79. The van der Waals surface area contributed by atoms with Crippen molar-refractivity contribution in [1.29, 1.82) is 0 Å². The third-order valence-corrected chi connectivity index (χ3v) is 3.54. The largest absolute Gasteiger partial charge is 0.399 e. The Bertz CT molecular complexity index is 508. The molecule has 0 aliphatic rings. The van der Waals surface area contributed by atoms with Crippen molar-refractivity contribution >= 4 is 22.9 Å². The van der Waals surface area contributed by atoms with Crippen LogP contribution in [0.1, 0.15) is 16.4 Å². The first-order valence-electron chi connectivity index (χ1n) is 5.34. The zero-order valence-electron chi connectivity index (χ0n) is 9.30. The number of rotatable bonds is 4. The summed E-state index contributed by atoms with van der Waals surface area (Å²) in [5.74, 6) is -0.624. The highest BCUT2D eigenvalue weighted by atomic mass is 32.1. The zero-order valence-corrected chi connectivity index (χ0v) is 10.1. The van der Waals surface area contributed by atoms with Crippen LogP contribution in [0.2, 0.25) is 0 Å². The Kier molecular flexibility index (Phi) is 3.44. The number of nitrogens with two attached hydrogens (primary N) is 2. The van der Waals surface area contributed by atoms with Crippen LogP contribution in [0.3, 0.4) is 0 Å². The average Bonchev–Trinajstić information content (AvgIpc) is 2.78. The van der Waals surface area contributed by atoms with Crippen LogP contribution in [-0.4, -0.2) is 5.91 Å². The summed E-state index contributed by atoms with van der Waals surface area (Å²) in [5.41, 5.74) is 12.7. The zero-order chi connectivity index (χ0) is 12.3. The van der Waals surface area contributed by atoms with Gasteiger partial charge in [0.1, 0.15) is 0 Å². The molecule has 0 spiro atoms. The van der Waals surface area contributed by atoms with Crippen molar-refractivity contribution in [2.75, 3.05) is 5.73 Å². The first-order valence-corrected chi connectivity index (χ1v) is 6.22. The average molecular weight is 246 g/mol. The van der Waals surface area contributed by atoms with Crippen molar-refractivity contribution in [2.24, 2.45) is 5.73 Å². The maximum atomic E-state index is 11.5. The van der Waals surface area contributed by atoms with E-state index in [1.807, 2.05) is 35.7 Å². The van der Waals surface area contributed by atoms with E-state index in [4.69, 9.17) is 11.5 Å². The lowest BCUT2D eigenvalue weighted by atomic mass is 9.94. The number of amides is 1. The molecule has 2 aromatic rings. The second-order valence-corrected chi connectivity index (χ2v) is 4.94. The van der Waals surface area contributed by atoms with Gasteiger partial charge in [0, 0.05) is 10.6 Å². The summed E-state index contributed by atoms with van der Waals surface area (Å²) in [6.45, 7) is 0. The number of thiophene rings is 1. The minimum atomic E-state index is -0.316. The Morgan fingerprint density at radius 1 is 1.29 bits per heavy atom. The molecule has 0 fully saturated rings. The molecule has 88 valence electrons. The van der Waals surface area contributed by atoms with Crippen molar-refractivity contribution in [3.05, 3.63) is 52.2 Å². The summed E-state index contributed by atoms with van der Waals surface area (Å²) in [4.78, 5) is 12.7. The molecular formula is C13H14N2OS. The van der Waals surface area contributed by atoms with E-state index in [-0.39, 0.29) is 11.8 Å². The Balaban J connectivity index is 2.26. The van der Waals surface area contributed by atoms with Gasteiger partial charge in [0.15, 0.2) is 0 Å². The van der Waals surface area contributed by atoms with Gasteiger partial charge in [-0.1, -0.05) is 18.2 Å². The molecule has 1 aromatic heterocycles. The molecule has 4 N–H and O–H groups in total. The van der Waals surface area contributed by atoms with Gasteiger partial charge in [0.05, 0.1) is 5.92 Å². The molecule has 0 aliphatic heterocycles. The van der Waals surface area contributed by atoms with Crippen molar-refractivity contribution < 1.29 is 4.79 Å². The van der Waals surface area contributed by atoms with E-state index in [1.165, 1.54) is 0 Å². The van der Waals surface area contributed by atoms with Crippen molar-refractivity contribution in [3.8, 4) is 0 Å². The van der Waals surface area contributed by atoms with Crippen LogP contribution in [0.5, 0.6) is 0 Å². The summed E-state index contributed by atoms with van der Waals surface area (Å²) in [5, 5.41) is 1.99. The van der Waals surface area contributed by atoms with E-state index in [9.17, 15) is 4.79 Å². The van der Waals surface area contributed by atoms with E-state index in [2.05, 4.69) is 0 Å². The Morgan fingerprint density at radius 2 is 2.12 bits per heavy atom. The number of nitrogen functional groups attached to an aromatic ring is 1. The second kappa shape index (κ2) is 5.01. The molecule has 1 unspecified atom stereocenters. The van der Waals surface area contributed by atoms with Crippen molar-refractivity contribution in [3.63, 3.8) is 0 Å². The van der Waals surface area contributed by atoms with Gasteiger partial charge in [0.2, 0.25) is 5.91 Å². The lowest BCUT2D eigenvalue weighted by molar-refractivity contribution is -0.119. The fraction of sp³-hybridized carbons (Fsp3) is 0.154. The number of primary amides is 1. The predicted octanol–water partition coefficient (Wildman–Crippen LogP) is 2.14. The molecule has 0 saturated heterocycles. The molecule has 1 heterocycles. The summed E-state index contributed by atoms with van der Waals surface area (Å²) in [7, 11) is 0. The minimum Gasteiger partial charge on any atom is -0.399 e. The lowest BCUT2D eigenvalue weighted by Gasteiger charge is -2.13. The van der Waals surface area contributed by atoms with Gasteiger partial charge < -0.3 is 11.5 Å². The number of hydrogen-bond donors (Lipinski definition) is 2. The predicted molar refractivity (Wildman–Crippen MR) is 70.8 cm³/mol. The van der Waals surface area contributed by atoms with Crippen molar-refractivity contribution in [1.82, 2.24) is 0 Å². The molecule has 0 saturated carbocycles. The van der Waals surface area contributed by atoms with E-state index < -0.39 is 0 Å². The summed E-state index contributed by atoms with van der Waals surface area (Å²) in [6, 6.07) is 11.3. The molecule has 3 nitrogen and oxygen atoms in total. The number of carbonyl (C=O) groups is 1. The van der Waals surface area contributed by atoms with Crippen LogP contribution in [-0.2, 0) is 11.2 Å². The normalized spacial score (nSPS) is 12.2. The van der Waals surface area contributed by atoms with E-state index in [0.29, 0.717) is 12.1 Å². The summed E-state index contributed by atoms with van der Waals surface area (Å²) < 4.78 is 0. The number of benzene rings is 1. The molecule has 1 amide bonds. The van der Waals surface area contributed by atoms with Gasteiger partial charge >= 0.3 is 0 Å². The molecule has 0 aliphatic carbocycles. The van der Waals surface area contributed by atoms with Gasteiger partial charge in [-0.25, -0.2) is 0 Å². The first kappa shape index (κ1) is 11.7. The smallest absolute Gasteiger partial charge is 0.225 e. The van der Waals surface area contributed by atoms with E-state index in [1.54, 1.807) is 17.4 Å². The van der Waals surface area contributed by atoms with Gasteiger partial charge in [-0.2, -0.15) is 0 Å². The van der Waals surface area contributed by atoms with Gasteiger partial charge in [-0.05, 0) is 35.6 Å². The molecule has 0 radical (unpaired) electrons. The summed E-state index contributed by atoms with van der Waals surface area (Å²) >= 11 is 1.63. The molecule has 1 atom stereocenters. The van der Waals surface area contributed by atoms with Crippen LogP contribution >= 0.6 is 11.3 Å². The maximum Gasteiger partial charge on any atom is 0.225 e. The van der Waals surface area contributed by atoms with E-state index >= 15 is 0 Å². The molecule has 1 aromatic carbocycles. The van der Waals surface area contributed by atoms with E-state index in [0.717, 1.165) is 10.4 Å². The highest BCUT2D eigenvalue weighted by molar-refractivity contribution is 7.09. The molecule has 2 rings (SSSR count). The fourth-order valence-corrected chi connectivity index (χ4v) is 2.54. The van der Waals surface area contributed by atoms with Gasteiger partial charge in [-0.15, -0.1) is 11.3 Å². The van der Waals surface area contributed by atoms with Crippen LogP contribution in [0.15, 0.2) is 41.8 Å². The SMILES string of the molecule is NC(=O)C(Cc1cccs1)c1cccc(N)c1. The monoisotopic (exact) mass is 246 g/mol. The first-order chi connectivity index (χ1) is 8.16. The molecule has 17 heavy (non-hydrogen) atoms. The third-order valence-electron chi connectivity index (χ3n) is 2.64. The van der Waals surface area contributed by atoms with Gasteiger partial charge in [-0.3, -0.25) is 4.79 Å². The Hall–Kier alpha value is -1.81. The van der Waals surface area contributed by atoms with Crippen LogP contribution in [0.4, 0.5) is 5.69 Å². The van der Waals surface area contributed by atoms with Gasteiger partial charge in [0.25, 0.3) is 0 Å². The van der Waals surface area contributed by atoms with Crippen molar-refractivity contribution in [2.45, 2.75) is 12.3 Å². The Labute approximate surface area is 104 Å². The van der Waals surface area contributed by atoms with Crippen LogP contribution in [0, 0.1) is 0 Å². The standard InChI is InChI=1S/C13H14N2OS/c14-10-4-1-3-9(7-10)12(13(15)16)8-11-5-2-6-17-11/h1-7,12H,8,14H2,(H2,15,16). The number of hydrogen-bond acceptors (Lipinski definition) is 3. The molecule has 4 heteroatoms. The lowest BCUT2D eigenvalue weighted by Crippen LogP contribution is -2.23. The number of anilines is 1. The quantitative estimate of drug-likeness (QED) is 0.811. The van der Waals surface area contributed by atoms with Crippen LogP contribution in [0.25, 0.3) is 0 Å². The Morgan fingerprint density at radius 3 is 2.71 bits per heavy atom. The minimum absolute atomic E-state index is 0.308. The third kappa shape index (κ3) is 2.85. The van der Waals surface area contributed by atoms with Crippen LogP contribution < -0.4 is 11.5 Å². The summed E-state index contributed by atoms with van der Waals surface area (Å²) in [6.07, 6.45) is 0.635. The highest BCUT2D eigenvalue weighted by Gasteiger charge is 2.18.